The number of fused-ring (bicyclic) bond motifs is 2. The summed E-state index contributed by atoms with van der Waals surface area (Å²) < 4.78 is 2.15. The van der Waals surface area contributed by atoms with Crippen LogP contribution in [0, 0.1) is 11.3 Å². The maximum absolute atomic E-state index is 12.3. The summed E-state index contributed by atoms with van der Waals surface area (Å²) in [6.07, 6.45) is 7.41. The molecule has 8 heteroatoms. The van der Waals surface area contributed by atoms with Crippen LogP contribution in [0.5, 0.6) is 0 Å². The number of carbonyl (C=O) groups is 1. The molecule has 4 aromatic rings. The second-order valence-corrected chi connectivity index (χ2v) is 10.4. The number of nitrogens with zero attached hydrogens (tertiary/aromatic N) is 7. The van der Waals surface area contributed by atoms with Gasteiger partial charge in [-0.15, -0.1) is 0 Å². The van der Waals surface area contributed by atoms with Gasteiger partial charge in [0.1, 0.15) is 5.82 Å². The predicted octanol–water partition coefficient (Wildman–Crippen LogP) is 4.37. The Morgan fingerprint density at radius 3 is 2.47 bits per heavy atom. The van der Waals surface area contributed by atoms with Crippen LogP contribution in [0.2, 0.25) is 0 Å². The molecule has 2 aromatic heterocycles. The summed E-state index contributed by atoms with van der Waals surface area (Å²) >= 11 is 0. The molecule has 1 fully saturated rings. The van der Waals surface area contributed by atoms with Crippen LogP contribution >= 0.6 is 0 Å². The largest absolute Gasteiger partial charge is 0.355 e. The average molecular weight is 506 g/mol. The van der Waals surface area contributed by atoms with Gasteiger partial charge >= 0.3 is 0 Å². The van der Waals surface area contributed by atoms with E-state index in [1.807, 2.05) is 43.6 Å². The molecule has 8 nitrogen and oxygen atoms in total. The van der Waals surface area contributed by atoms with Gasteiger partial charge in [0.15, 0.2) is 5.65 Å². The highest BCUT2D eigenvalue weighted by Gasteiger charge is 2.25. The highest BCUT2D eigenvalue weighted by atomic mass is 16.2. The molecule has 0 bridgehead atoms. The van der Waals surface area contributed by atoms with E-state index in [2.05, 4.69) is 52.7 Å². The minimum absolute atomic E-state index is 0.143. The number of hydrogen-bond acceptors (Lipinski definition) is 6. The third kappa shape index (κ3) is 4.19. The van der Waals surface area contributed by atoms with Crippen molar-refractivity contribution in [3.63, 3.8) is 0 Å². The molecule has 6 rings (SSSR count). The van der Waals surface area contributed by atoms with Crippen LogP contribution in [0.25, 0.3) is 28.2 Å². The van der Waals surface area contributed by atoms with Gasteiger partial charge < -0.3 is 14.7 Å². The van der Waals surface area contributed by atoms with Crippen LogP contribution in [0.3, 0.4) is 0 Å². The molecule has 38 heavy (non-hydrogen) atoms. The van der Waals surface area contributed by atoms with Crippen molar-refractivity contribution in [2.45, 2.75) is 31.7 Å². The number of amides is 1. The Bertz CT molecular complexity index is 1560. The van der Waals surface area contributed by atoms with E-state index in [0.29, 0.717) is 18.0 Å². The number of aromatic nitrogens is 3. The molecule has 1 amide bonds. The number of anilines is 2. The van der Waals surface area contributed by atoms with E-state index in [0.717, 1.165) is 77.6 Å². The number of rotatable bonds is 4. The molecule has 0 N–H and O–H groups in total. The summed E-state index contributed by atoms with van der Waals surface area (Å²) in [6.45, 7) is 1.94. The van der Waals surface area contributed by atoms with Gasteiger partial charge in [-0.25, -0.2) is 4.98 Å². The first-order valence-corrected chi connectivity index (χ1v) is 13.1. The molecule has 192 valence electrons. The van der Waals surface area contributed by atoms with Crippen molar-refractivity contribution < 1.29 is 4.79 Å². The fraction of sp³-hybridized carbons (Fsp3) is 0.333. The molecule has 2 aliphatic rings. The molecule has 4 heterocycles. The summed E-state index contributed by atoms with van der Waals surface area (Å²) in [6, 6.07) is 16.6. The first-order chi connectivity index (χ1) is 18.4. The molecule has 0 spiro atoms. The van der Waals surface area contributed by atoms with Crippen molar-refractivity contribution in [2.75, 3.05) is 44.0 Å². The van der Waals surface area contributed by atoms with Gasteiger partial charge in [-0.05, 0) is 63.2 Å². The first kappa shape index (κ1) is 24.1. The van der Waals surface area contributed by atoms with Crippen molar-refractivity contribution in [2.24, 2.45) is 0 Å². The van der Waals surface area contributed by atoms with Gasteiger partial charge in [-0.1, -0.05) is 18.2 Å². The van der Waals surface area contributed by atoms with E-state index in [1.165, 1.54) is 0 Å². The summed E-state index contributed by atoms with van der Waals surface area (Å²) in [7, 11) is 6.15. The highest BCUT2D eigenvalue weighted by Crippen LogP contribution is 2.36. The molecule has 0 aliphatic carbocycles. The van der Waals surface area contributed by atoms with Crippen molar-refractivity contribution >= 4 is 23.1 Å². The van der Waals surface area contributed by atoms with E-state index in [-0.39, 0.29) is 5.91 Å². The van der Waals surface area contributed by atoms with Crippen LogP contribution in [0.1, 0.15) is 30.4 Å². The molecule has 2 aliphatic heterocycles. The topological polar surface area (TPSA) is 80.8 Å². The molecule has 2 aromatic carbocycles. The highest BCUT2D eigenvalue weighted by molar-refractivity contribution is 5.96. The van der Waals surface area contributed by atoms with Crippen LogP contribution in [0.15, 0.2) is 54.9 Å². The van der Waals surface area contributed by atoms with Gasteiger partial charge in [0, 0.05) is 49.4 Å². The number of benzene rings is 2. The Balaban J connectivity index is 1.48. The lowest BCUT2D eigenvalue weighted by Crippen LogP contribution is -2.42. The number of nitriles is 1. The SMILES string of the molecule is CN1C(=O)CCc2cc(-c3c(-c4ccc(C#N)cc4)ncc4nc(N5CCC(N(C)C)CC5)cn34)ccc21. The Labute approximate surface area is 222 Å². The fourth-order valence-corrected chi connectivity index (χ4v) is 5.71. The van der Waals surface area contributed by atoms with Gasteiger partial charge in [0.25, 0.3) is 0 Å². The Hall–Kier alpha value is -4.22. The first-order valence-electron chi connectivity index (χ1n) is 13.1. The number of hydrogen-bond donors (Lipinski definition) is 0. The van der Waals surface area contributed by atoms with Gasteiger partial charge in [-0.2, -0.15) is 5.26 Å². The van der Waals surface area contributed by atoms with Crippen LogP contribution < -0.4 is 9.80 Å². The second kappa shape index (κ2) is 9.58. The Morgan fingerprint density at radius 2 is 1.76 bits per heavy atom. The van der Waals surface area contributed by atoms with Gasteiger partial charge in [0.05, 0.1) is 35.4 Å². The molecule has 0 radical (unpaired) electrons. The average Bonchev–Trinajstić information content (AvgIpc) is 3.39. The number of aryl methyl sites for hydroxylation is 1. The molecular formula is C30H31N7O. The zero-order chi connectivity index (χ0) is 26.4. The second-order valence-electron chi connectivity index (χ2n) is 10.4. The summed E-state index contributed by atoms with van der Waals surface area (Å²) in [4.78, 5) is 28.6. The van der Waals surface area contributed by atoms with E-state index in [9.17, 15) is 10.1 Å². The van der Waals surface area contributed by atoms with Crippen molar-refractivity contribution in [3.8, 4) is 28.6 Å². The molecule has 0 atom stereocenters. The summed E-state index contributed by atoms with van der Waals surface area (Å²) in [5, 5.41) is 9.29. The van der Waals surface area contributed by atoms with E-state index in [1.54, 1.807) is 4.90 Å². The quantitative estimate of drug-likeness (QED) is 0.410. The lowest BCUT2D eigenvalue weighted by Gasteiger charge is -2.35. The van der Waals surface area contributed by atoms with E-state index < -0.39 is 0 Å². The molecular weight excluding hydrogens is 474 g/mol. The Kier molecular flexibility index (Phi) is 6.09. The summed E-state index contributed by atoms with van der Waals surface area (Å²) in [5.74, 6) is 1.11. The molecule has 0 unspecified atom stereocenters. The van der Waals surface area contributed by atoms with Crippen molar-refractivity contribution in [3.05, 3.63) is 66.0 Å². The smallest absolute Gasteiger partial charge is 0.227 e. The number of carbonyl (C=O) groups excluding carboxylic acids is 1. The third-order valence-corrected chi connectivity index (χ3v) is 8.00. The zero-order valence-corrected chi connectivity index (χ0v) is 22.1. The molecule has 1 saturated heterocycles. The van der Waals surface area contributed by atoms with E-state index >= 15 is 0 Å². The molecule has 0 saturated carbocycles. The van der Waals surface area contributed by atoms with Crippen LogP contribution in [-0.4, -0.2) is 65.5 Å². The van der Waals surface area contributed by atoms with E-state index in [4.69, 9.17) is 9.97 Å². The van der Waals surface area contributed by atoms with Gasteiger partial charge in [0.2, 0.25) is 5.91 Å². The minimum atomic E-state index is 0.143. The number of piperidine rings is 1. The van der Waals surface area contributed by atoms with Gasteiger partial charge in [-0.3, -0.25) is 14.2 Å². The third-order valence-electron chi connectivity index (χ3n) is 8.00. The summed E-state index contributed by atoms with van der Waals surface area (Å²) in [5.41, 5.74) is 7.27. The van der Waals surface area contributed by atoms with Crippen molar-refractivity contribution in [1.82, 2.24) is 19.3 Å². The van der Waals surface area contributed by atoms with Crippen LogP contribution in [-0.2, 0) is 11.2 Å². The zero-order valence-electron chi connectivity index (χ0n) is 22.1. The standard InChI is InChI=1S/C30H31N7O/c1-34(2)24-12-14-36(15-13-24)27-19-37-26(33-27)18-32-29(21-6-4-20(17-31)5-7-21)30(37)23-8-10-25-22(16-23)9-11-28(38)35(25)3/h4-8,10,16,18-19,24H,9,11-15H2,1-3H3. The predicted molar refractivity (Wildman–Crippen MR) is 149 cm³/mol. The fourth-order valence-electron chi connectivity index (χ4n) is 5.71. The Morgan fingerprint density at radius 1 is 1.03 bits per heavy atom. The minimum Gasteiger partial charge on any atom is -0.355 e. The maximum Gasteiger partial charge on any atom is 0.227 e. The van der Waals surface area contributed by atoms with Crippen LogP contribution in [0.4, 0.5) is 11.5 Å². The lowest BCUT2D eigenvalue weighted by atomic mass is 9.96. The normalized spacial score (nSPS) is 16.2. The van der Waals surface area contributed by atoms with Crippen molar-refractivity contribution in [1.29, 1.82) is 5.26 Å². The monoisotopic (exact) mass is 505 g/mol. The number of imidazole rings is 1. The maximum atomic E-state index is 12.3. The lowest BCUT2D eigenvalue weighted by molar-refractivity contribution is -0.118.